The molecule has 9 nitrogen and oxygen atoms in total. The molecule has 36 heavy (non-hydrogen) atoms. The number of phenols is 2. The Kier molecular flexibility index (Phi) is 8.32. The number of rotatable bonds is 9. The van der Waals surface area contributed by atoms with Crippen LogP contribution in [-0.2, 0) is 13.1 Å². The Hall–Kier alpha value is -3.30. The van der Waals surface area contributed by atoms with Gasteiger partial charge in [0.05, 0.1) is 17.7 Å². The fraction of sp³-hybridized carbons (Fsp3) is 0.481. The third-order valence-electron chi connectivity index (χ3n) is 6.76. The highest BCUT2D eigenvalue weighted by atomic mass is 16.5. The van der Waals surface area contributed by atoms with Crippen molar-refractivity contribution in [2.75, 3.05) is 52.9 Å². The van der Waals surface area contributed by atoms with Crippen molar-refractivity contribution in [3.63, 3.8) is 0 Å². The second-order valence-electron chi connectivity index (χ2n) is 9.50. The summed E-state index contributed by atoms with van der Waals surface area (Å²) in [4.78, 5) is 31.5. The number of carbonyl (C=O) groups is 2. The third-order valence-corrected chi connectivity index (χ3v) is 6.76. The predicted molar refractivity (Wildman–Crippen MR) is 136 cm³/mol. The molecule has 0 aromatic heterocycles. The summed E-state index contributed by atoms with van der Waals surface area (Å²) in [6, 6.07) is 8.22. The summed E-state index contributed by atoms with van der Waals surface area (Å²) < 4.78 is 5.96. The van der Waals surface area contributed by atoms with E-state index in [-0.39, 0.29) is 22.6 Å². The van der Waals surface area contributed by atoms with Gasteiger partial charge in [0, 0.05) is 65.5 Å². The van der Waals surface area contributed by atoms with Crippen molar-refractivity contribution in [1.29, 1.82) is 0 Å². The number of aromatic hydroxyl groups is 2. The van der Waals surface area contributed by atoms with Crippen LogP contribution in [-0.4, -0.2) is 89.7 Å². The molecule has 0 saturated carbocycles. The van der Waals surface area contributed by atoms with Crippen LogP contribution in [0.1, 0.15) is 51.6 Å². The van der Waals surface area contributed by atoms with E-state index in [2.05, 4.69) is 10.2 Å². The van der Waals surface area contributed by atoms with Crippen LogP contribution in [0.2, 0.25) is 0 Å². The van der Waals surface area contributed by atoms with Crippen LogP contribution < -0.4 is 10.1 Å². The van der Waals surface area contributed by atoms with Gasteiger partial charge in [0.1, 0.15) is 17.2 Å². The maximum atomic E-state index is 13.3. The molecule has 9 heteroatoms. The number of nitrogens with zero attached hydrogens (tertiary/aromatic N) is 3. The molecule has 1 fully saturated rings. The van der Waals surface area contributed by atoms with Gasteiger partial charge in [-0.3, -0.25) is 9.59 Å². The van der Waals surface area contributed by atoms with E-state index in [4.69, 9.17) is 4.74 Å². The van der Waals surface area contributed by atoms with Gasteiger partial charge >= 0.3 is 0 Å². The van der Waals surface area contributed by atoms with Gasteiger partial charge in [0.15, 0.2) is 0 Å². The number of phenolic OH excluding ortho intramolecular Hbond substituents is 2. The number of piperazine rings is 1. The summed E-state index contributed by atoms with van der Waals surface area (Å²) in [7, 11) is 1.64. The monoisotopic (exact) mass is 496 g/mol. The molecule has 3 N–H and O–H groups in total. The predicted octanol–water partition coefficient (Wildman–Crippen LogP) is 2.41. The quantitative estimate of drug-likeness (QED) is 0.458. The van der Waals surface area contributed by atoms with Crippen molar-refractivity contribution in [3.8, 4) is 17.2 Å². The molecule has 0 bridgehead atoms. The Morgan fingerprint density at radius 3 is 2.50 bits per heavy atom. The first-order valence-corrected chi connectivity index (χ1v) is 12.7. The summed E-state index contributed by atoms with van der Waals surface area (Å²) >= 11 is 0. The van der Waals surface area contributed by atoms with Crippen molar-refractivity contribution in [1.82, 2.24) is 20.0 Å². The molecule has 0 aliphatic carbocycles. The number of hydrogen-bond acceptors (Lipinski definition) is 7. The van der Waals surface area contributed by atoms with Crippen LogP contribution in [0.4, 0.5) is 0 Å². The molecule has 2 aromatic carbocycles. The molecule has 2 heterocycles. The lowest BCUT2D eigenvalue weighted by molar-refractivity contribution is 0.0748. The Labute approximate surface area is 212 Å². The van der Waals surface area contributed by atoms with Gasteiger partial charge in [-0.05, 0) is 42.2 Å². The molecular formula is C27H36N4O5. The molecule has 0 radical (unpaired) electrons. The Morgan fingerprint density at radius 1 is 1.03 bits per heavy atom. The van der Waals surface area contributed by atoms with Crippen LogP contribution in [0.5, 0.6) is 17.2 Å². The summed E-state index contributed by atoms with van der Waals surface area (Å²) in [5.74, 6) is -0.707. The van der Waals surface area contributed by atoms with Gasteiger partial charge in [-0.25, -0.2) is 0 Å². The Bertz CT molecular complexity index is 1100. The number of benzene rings is 2. The van der Waals surface area contributed by atoms with E-state index >= 15 is 0 Å². The van der Waals surface area contributed by atoms with E-state index in [0.29, 0.717) is 26.2 Å². The van der Waals surface area contributed by atoms with E-state index in [9.17, 15) is 19.8 Å². The summed E-state index contributed by atoms with van der Waals surface area (Å²) in [6.07, 6.45) is 1.72. The molecule has 2 aliphatic rings. The Morgan fingerprint density at radius 2 is 1.75 bits per heavy atom. The van der Waals surface area contributed by atoms with E-state index in [1.807, 2.05) is 25.1 Å². The fourth-order valence-electron chi connectivity index (χ4n) is 4.75. The van der Waals surface area contributed by atoms with Crippen LogP contribution >= 0.6 is 0 Å². The average molecular weight is 497 g/mol. The summed E-state index contributed by atoms with van der Waals surface area (Å²) in [5, 5.41) is 24.0. The van der Waals surface area contributed by atoms with Crippen LogP contribution in [0.15, 0.2) is 30.3 Å². The van der Waals surface area contributed by atoms with Crippen LogP contribution in [0.3, 0.4) is 0 Å². The highest BCUT2D eigenvalue weighted by Gasteiger charge is 2.28. The zero-order chi connectivity index (χ0) is 25.7. The molecule has 2 aliphatic heterocycles. The zero-order valence-corrected chi connectivity index (χ0v) is 21.1. The maximum absolute atomic E-state index is 13.3. The van der Waals surface area contributed by atoms with Gasteiger partial charge < -0.3 is 35.0 Å². The van der Waals surface area contributed by atoms with Gasteiger partial charge in [0.2, 0.25) is 0 Å². The van der Waals surface area contributed by atoms with Crippen molar-refractivity contribution in [2.24, 2.45) is 0 Å². The molecule has 0 unspecified atom stereocenters. The highest BCUT2D eigenvalue weighted by molar-refractivity contribution is 6.03. The molecule has 194 valence electrons. The molecule has 0 atom stereocenters. The lowest BCUT2D eigenvalue weighted by Gasteiger charge is -2.26. The zero-order valence-electron chi connectivity index (χ0n) is 21.1. The second-order valence-corrected chi connectivity index (χ2v) is 9.50. The van der Waals surface area contributed by atoms with Crippen molar-refractivity contribution in [3.05, 3.63) is 52.6 Å². The number of fused-ring (bicyclic) bond motifs is 1. The summed E-state index contributed by atoms with van der Waals surface area (Å²) in [5.41, 5.74) is 2.02. The van der Waals surface area contributed by atoms with Gasteiger partial charge in [-0.1, -0.05) is 13.0 Å². The molecule has 0 spiro atoms. The average Bonchev–Trinajstić information content (AvgIpc) is 3.30. The fourth-order valence-corrected chi connectivity index (χ4v) is 4.75. The number of nitrogens with one attached hydrogen (secondary N) is 1. The SMILES string of the molecule is CCCN(C)C(=O)c1cc(C(=O)N2Cc3ccc(OCCCN4CCNCC4)cc3C2)c(O)cc1O. The Balaban J connectivity index is 1.38. The molecular weight excluding hydrogens is 460 g/mol. The minimum absolute atomic E-state index is 0.000290. The topological polar surface area (TPSA) is 106 Å². The van der Waals surface area contributed by atoms with Crippen molar-refractivity contribution in [2.45, 2.75) is 32.9 Å². The van der Waals surface area contributed by atoms with Crippen LogP contribution in [0, 0.1) is 0 Å². The molecule has 4 rings (SSSR count). The molecule has 2 aromatic rings. The number of carbonyl (C=O) groups excluding carboxylic acids is 2. The first kappa shape index (κ1) is 25.8. The lowest BCUT2D eigenvalue weighted by atomic mass is 10.1. The molecule has 2 amide bonds. The van der Waals surface area contributed by atoms with Gasteiger partial charge in [0.25, 0.3) is 11.8 Å². The number of hydrogen-bond donors (Lipinski definition) is 3. The lowest BCUT2D eigenvalue weighted by Crippen LogP contribution is -2.43. The first-order valence-electron chi connectivity index (χ1n) is 12.7. The highest BCUT2D eigenvalue weighted by Crippen LogP contribution is 2.33. The second kappa shape index (κ2) is 11.6. The maximum Gasteiger partial charge on any atom is 0.258 e. The largest absolute Gasteiger partial charge is 0.507 e. The minimum atomic E-state index is -0.396. The first-order chi connectivity index (χ1) is 17.4. The normalized spacial score (nSPS) is 15.6. The van der Waals surface area contributed by atoms with E-state index in [1.165, 1.54) is 11.0 Å². The molecule has 1 saturated heterocycles. The summed E-state index contributed by atoms with van der Waals surface area (Å²) in [6.45, 7) is 9.12. The van der Waals surface area contributed by atoms with Gasteiger partial charge in [-0.2, -0.15) is 0 Å². The third kappa shape index (κ3) is 5.91. The van der Waals surface area contributed by atoms with E-state index in [1.54, 1.807) is 11.9 Å². The van der Waals surface area contributed by atoms with E-state index in [0.717, 1.165) is 68.5 Å². The number of amides is 2. The van der Waals surface area contributed by atoms with Crippen molar-refractivity contribution >= 4 is 11.8 Å². The smallest absolute Gasteiger partial charge is 0.258 e. The van der Waals surface area contributed by atoms with Gasteiger partial charge in [-0.15, -0.1) is 0 Å². The van der Waals surface area contributed by atoms with Crippen LogP contribution in [0.25, 0.3) is 0 Å². The number of ether oxygens (including phenoxy) is 1. The van der Waals surface area contributed by atoms with Crippen molar-refractivity contribution < 1.29 is 24.5 Å². The standard InChI is InChI=1S/C27H36N4O5/c1-3-9-29(2)26(34)22-15-23(25(33)16-24(22)32)27(35)31-17-19-5-6-21(14-20(19)18-31)36-13-4-10-30-11-7-28-8-12-30/h5-6,14-16,28,32-33H,3-4,7-13,17-18H2,1-2H3. The van der Waals surface area contributed by atoms with E-state index < -0.39 is 11.8 Å². The minimum Gasteiger partial charge on any atom is -0.507 e.